The van der Waals surface area contributed by atoms with Crippen molar-refractivity contribution in [2.24, 2.45) is 16.8 Å². The van der Waals surface area contributed by atoms with Crippen LogP contribution in [0.15, 0.2) is 23.4 Å². The lowest BCUT2D eigenvalue weighted by Gasteiger charge is -2.25. The van der Waals surface area contributed by atoms with Crippen LogP contribution >= 0.6 is 0 Å². The van der Waals surface area contributed by atoms with Crippen molar-refractivity contribution in [3.05, 3.63) is 29.3 Å². The average molecular weight is 293 g/mol. The van der Waals surface area contributed by atoms with Gasteiger partial charge in [0.2, 0.25) is 0 Å². The molecule has 0 saturated carbocycles. The van der Waals surface area contributed by atoms with Gasteiger partial charge in [-0.2, -0.15) is 0 Å². The minimum atomic E-state index is 0.0298. The van der Waals surface area contributed by atoms with Crippen molar-refractivity contribution >= 4 is 5.84 Å². The molecule has 0 radical (unpaired) electrons. The monoisotopic (exact) mass is 293 g/mol. The van der Waals surface area contributed by atoms with Crippen LogP contribution in [0.1, 0.15) is 24.5 Å². The summed E-state index contributed by atoms with van der Waals surface area (Å²) in [6.07, 6.45) is 1.09. The molecule has 1 heterocycles. The van der Waals surface area contributed by atoms with E-state index >= 15 is 0 Å². The van der Waals surface area contributed by atoms with Gasteiger partial charge in [0.15, 0.2) is 5.84 Å². The molecule has 0 spiro atoms. The molecule has 21 heavy (non-hydrogen) atoms. The van der Waals surface area contributed by atoms with Crippen LogP contribution in [0.25, 0.3) is 0 Å². The molecular weight excluding hydrogens is 270 g/mol. The van der Waals surface area contributed by atoms with Crippen LogP contribution < -0.4 is 10.5 Å². The highest BCUT2D eigenvalue weighted by Crippen LogP contribution is 2.27. The molecule has 1 fully saturated rings. The van der Waals surface area contributed by atoms with E-state index in [-0.39, 0.29) is 18.5 Å². The van der Waals surface area contributed by atoms with Gasteiger partial charge in [0.25, 0.3) is 0 Å². The Morgan fingerprint density at radius 1 is 1.52 bits per heavy atom. The number of nitrogens with zero attached hydrogens (tertiary/aromatic N) is 2. The maximum Gasteiger partial charge on any atom is 0.173 e. The van der Waals surface area contributed by atoms with Crippen LogP contribution in [0, 0.1) is 5.92 Å². The van der Waals surface area contributed by atoms with Crippen LogP contribution in [0.4, 0.5) is 0 Å². The number of rotatable bonds is 5. The third-order valence-corrected chi connectivity index (χ3v) is 4.22. The molecule has 116 valence electrons. The van der Waals surface area contributed by atoms with Crippen molar-refractivity contribution in [2.75, 3.05) is 20.3 Å². The number of methoxy groups -OCH3 is 1. The van der Waals surface area contributed by atoms with Crippen LogP contribution in [-0.4, -0.2) is 47.4 Å². The van der Waals surface area contributed by atoms with Crippen LogP contribution in [-0.2, 0) is 6.54 Å². The first-order valence-electron chi connectivity index (χ1n) is 7.10. The molecule has 6 nitrogen and oxygen atoms in total. The topological polar surface area (TPSA) is 91.3 Å². The number of hydrogen-bond acceptors (Lipinski definition) is 5. The van der Waals surface area contributed by atoms with Crippen molar-refractivity contribution < 1.29 is 15.1 Å². The highest BCUT2D eigenvalue weighted by molar-refractivity contribution is 5.99. The number of likely N-dealkylation sites (tertiary alicyclic amines) is 1. The van der Waals surface area contributed by atoms with Gasteiger partial charge in [0.1, 0.15) is 5.75 Å². The van der Waals surface area contributed by atoms with Crippen LogP contribution in [0.3, 0.4) is 0 Å². The Morgan fingerprint density at radius 3 is 2.90 bits per heavy atom. The van der Waals surface area contributed by atoms with Crippen molar-refractivity contribution in [1.82, 2.24) is 4.90 Å². The fourth-order valence-corrected chi connectivity index (χ4v) is 2.92. The molecule has 1 aliphatic heterocycles. The highest BCUT2D eigenvalue weighted by atomic mass is 16.5. The summed E-state index contributed by atoms with van der Waals surface area (Å²) in [4.78, 5) is 2.27. The molecule has 4 N–H and O–H groups in total. The van der Waals surface area contributed by atoms with Gasteiger partial charge < -0.3 is 20.8 Å². The summed E-state index contributed by atoms with van der Waals surface area (Å²) in [5.74, 6) is 1.10. The number of aliphatic hydroxyl groups excluding tert-OH is 1. The van der Waals surface area contributed by atoms with E-state index in [4.69, 9.17) is 15.7 Å². The number of ether oxygens (including phenoxy) is 1. The minimum absolute atomic E-state index is 0.0298. The van der Waals surface area contributed by atoms with Gasteiger partial charge >= 0.3 is 0 Å². The zero-order valence-corrected chi connectivity index (χ0v) is 12.5. The van der Waals surface area contributed by atoms with E-state index in [2.05, 4.69) is 17.0 Å². The molecule has 0 aromatic heterocycles. The maximum atomic E-state index is 9.51. The van der Waals surface area contributed by atoms with Crippen molar-refractivity contribution in [1.29, 1.82) is 0 Å². The summed E-state index contributed by atoms with van der Waals surface area (Å²) in [6, 6.07) is 5.84. The Balaban J connectivity index is 2.21. The van der Waals surface area contributed by atoms with Gasteiger partial charge in [-0.1, -0.05) is 18.1 Å². The number of oxime groups is 1. The molecule has 6 heteroatoms. The molecule has 2 rings (SSSR count). The van der Waals surface area contributed by atoms with Gasteiger partial charge in [0.05, 0.1) is 19.3 Å². The van der Waals surface area contributed by atoms with Gasteiger partial charge in [-0.05, 0) is 36.6 Å². The third-order valence-electron chi connectivity index (χ3n) is 4.22. The molecule has 1 aromatic rings. The Hall–Kier alpha value is -1.79. The summed E-state index contributed by atoms with van der Waals surface area (Å²) in [5, 5.41) is 21.4. The summed E-state index contributed by atoms with van der Waals surface area (Å²) < 4.78 is 5.23. The summed E-state index contributed by atoms with van der Waals surface area (Å²) in [6.45, 7) is 4.03. The second kappa shape index (κ2) is 6.78. The second-order valence-electron chi connectivity index (χ2n) is 5.51. The normalized spacial score (nSPS) is 23.5. The number of amidine groups is 1. The predicted octanol–water partition coefficient (Wildman–Crippen LogP) is 0.992. The van der Waals surface area contributed by atoms with E-state index in [9.17, 15) is 5.11 Å². The Bertz CT molecular complexity index is 519. The van der Waals surface area contributed by atoms with Crippen molar-refractivity contribution in [3.8, 4) is 5.75 Å². The highest BCUT2D eigenvalue weighted by Gasteiger charge is 2.30. The summed E-state index contributed by atoms with van der Waals surface area (Å²) >= 11 is 0. The first-order valence-corrected chi connectivity index (χ1v) is 7.10. The Kier molecular flexibility index (Phi) is 5.03. The fourth-order valence-electron chi connectivity index (χ4n) is 2.92. The second-order valence-corrected chi connectivity index (χ2v) is 5.51. The Morgan fingerprint density at radius 2 is 2.29 bits per heavy atom. The van der Waals surface area contributed by atoms with E-state index < -0.39 is 0 Å². The number of nitrogens with two attached hydrogens (primary N) is 1. The lowest BCUT2D eigenvalue weighted by atomic mass is 10.0. The van der Waals surface area contributed by atoms with Crippen molar-refractivity contribution in [2.45, 2.75) is 25.9 Å². The largest absolute Gasteiger partial charge is 0.496 e. The molecule has 2 atom stereocenters. The van der Waals surface area contributed by atoms with Gasteiger partial charge in [-0.25, -0.2) is 0 Å². The number of aliphatic hydroxyl groups is 1. The fraction of sp³-hybridized carbons (Fsp3) is 0.533. The lowest BCUT2D eigenvalue weighted by Crippen LogP contribution is -2.34. The zero-order chi connectivity index (χ0) is 15.4. The SMILES string of the molecule is COc1ccc(CN2CCC(C)C2CO)cc1/C(N)=N/O. The smallest absolute Gasteiger partial charge is 0.173 e. The molecule has 1 aliphatic rings. The van der Waals surface area contributed by atoms with E-state index in [1.165, 1.54) is 0 Å². The van der Waals surface area contributed by atoms with Crippen molar-refractivity contribution in [3.63, 3.8) is 0 Å². The number of benzene rings is 1. The first-order chi connectivity index (χ1) is 10.1. The molecule has 1 aromatic carbocycles. The van der Waals surface area contributed by atoms with E-state index in [0.29, 0.717) is 17.2 Å². The molecule has 0 amide bonds. The van der Waals surface area contributed by atoms with Gasteiger partial charge in [-0.15, -0.1) is 0 Å². The first kappa shape index (κ1) is 15.6. The van der Waals surface area contributed by atoms with Gasteiger partial charge in [0, 0.05) is 12.6 Å². The van der Waals surface area contributed by atoms with Crippen LogP contribution in [0.5, 0.6) is 5.75 Å². The lowest BCUT2D eigenvalue weighted by molar-refractivity contribution is 0.134. The standard InChI is InChI=1S/C15H23N3O3/c1-10-5-6-18(13(10)9-19)8-11-3-4-14(21-2)12(7-11)15(16)17-20/h3-4,7,10,13,19-20H,5-6,8-9H2,1-2H3,(H2,16,17). The molecular formula is C15H23N3O3. The molecule has 0 aliphatic carbocycles. The zero-order valence-electron chi connectivity index (χ0n) is 12.5. The van der Waals surface area contributed by atoms with E-state index in [0.717, 1.165) is 25.1 Å². The molecule has 0 bridgehead atoms. The van der Waals surface area contributed by atoms with Gasteiger partial charge in [-0.3, -0.25) is 4.90 Å². The molecule has 1 saturated heterocycles. The quantitative estimate of drug-likeness (QED) is 0.326. The Labute approximate surface area is 124 Å². The number of hydrogen-bond donors (Lipinski definition) is 3. The van der Waals surface area contributed by atoms with E-state index in [1.807, 2.05) is 18.2 Å². The average Bonchev–Trinajstić information content (AvgIpc) is 2.86. The maximum absolute atomic E-state index is 9.51. The van der Waals surface area contributed by atoms with E-state index in [1.54, 1.807) is 7.11 Å². The summed E-state index contributed by atoms with van der Waals surface area (Å²) in [7, 11) is 1.55. The van der Waals surface area contributed by atoms with Crippen LogP contribution in [0.2, 0.25) is 0 Å². The third kappa shape index (κ3) is 3.28. The molecule has 2 unspecified atom stereocenters. The minimum Gasteiger partial charge on any atom is -0.496 e. The summed E-state index contributed by atoms with van der Waals surface area (Å²) in [5.41, 5.74) is 7.31. The predicted molar refractivity (Wildman–Crippen MR) is 80.6 cm³/mol.